The van der Waals surface area contributed by atoms with Gasteiger partial charge in [0.15, 0.2) is 0 Å². The second kappa shape index (κ2) is 22.1. The highest BCUT2D eigenvalue weighted by Crippen LogP contribution is 2.14. The Morgan fingerprint density at radius 1 is 0.621 bits per heavy atom. The van der Waals surface area contributed by atoms with E-state index >= 15 is 0 Å². The zero-order chi connectivity index (χ0) is 21.6. The maximum atomic E-state index is 11.8. The van der Waals surface area contributed by atoms with E-state index in [1.165, 1.54) is 116 Å². The lowest BCUT2D eigenvalue weighted by molar-refractivity contribution is -0.122. The molecule has 3 nitrogen and oxygen atoms in total. The summed E-state index contributed by atoms with van der Waals surface area (Å²) < 4.78 is 0. The number of carbonyl (C=O) groups is 1. The van der Waals surface area contributed by atoms with E-state index in [1.807, 2.05) is 25.9 Å². The van der Waals surface area contributed by atoms with Crippen LogP contribution in [0.3, 0.4) is 0 Å². The van der Waals surface area contributed by atoms with Gasteiger partial charge in [0.2, 0.25) is 5.91 Å². The Labute approximate surface area is 183 Å². The molecular formula is C26H54N2O. The van der Waals surface area contributed by atoms with Crippen LogP contribution in [0.2, 0.25) is 0 Å². The van der Waals surface area contributed by atoms with Gasteiger partial charge < -0.3 is 5.32 Å². The van der Waals surface area contributed by atoms with E-state index in [0.29, 0.717) is 6.42 Å². The highest BCUT2D eigenvalue weighted by Gasteiger charge is 2.07. The second-order valence-electron chi connectivity index (χ2n) is 9.32. The first-order chi connectivity index (χ1) is 14.1. The maximum Gasteiger partial charge on any atom is 0.221 e. The van der Waals surface area contributed by atoms with E-state index < -0.39 is 0 Å². The van der Waals surface area contributed by atoms with Crippen LogP contribution in [0.25, 0.3) is 0 Å². The molecule has 0 bridgehead atoms. The lowest BCUT2D eigenvalue weighted by Crippen LogP contribution is -2.42. The number of hydrogen-bond donors (Lipinski definition) is 1. The van der Waals surface area contributed by atoms with Crippen LogP contribution in [0.1, 0.15) is 142 Å². The van der Waals surface area contributed by atoms with Crippen molar-refractivity contribution in [1.29, 1.82) is 0 Å². The molecule has 1 amide bonds. The Morgan fingerprint density at radius 3 is 1.24 bits per heavy atom. The molecule has 0 rings (SSSR count). The van der Waals surface area contributed by atoms with Crippen LogP contribution < -0.4 is 5.32 Å². The molecule has 0 spiro atoms. The Bertz CT molecular complexity index is 344. The fraction of sp³-hybridized carbons (Fsp3) is 0.962. The third-order valence-corrected chi connectivity index (χ3v) is 6.15. The average molecular weight is 411 g/mol. The van der Waals surface area contributed by atoms with Crippen molar-refractivity contribution >= 4 is 5.91 Å². The minimum Gasteiger partial charge on any atom is -0.341 e. The maximum absolute atomic E-state index is 11.8. The standard InChI is InChI=1S/C26H54N2O/c1-5-6-7-8-9-10-11-12-13-14-15-16-17-18-19-20-21-22-23-24-26(29)27-25(2)28(3)4/h25H,5-24H2,1-4H3,(H,27,29). The fourth-order valence-corrected chi connectivity index (χ4v) is 3.80. The molecule has 1 N–H and O–H groups in total. The molecular weight excluding hydrogens is 356 g/mol. The quantitative estimate of drug-likeness (QED) is 0.146. The highest BCUT2D eigenvalue weighted by atomic mass is 16.1. The minimum absolute atomic E-state index is 0.128. The summed E-state index contributed by atoms with van der Waals surface area (Å²) in [6, 6.07) is 0. The van der Waals surface area contributed by atoms with Crippen LogP contribution in [0, 0.1) is 0 Å². The van der Waals surface area contributed by atoms with Crippen molar-refractivity contribution in [2.45, 2.75) is 148 Å². The van der Waals surface area contributed by atoms with E-state index in [4.69, 9.17) is 0 Å². The molecule has 0 aliphatic carbocycles. The van der Waals surface area contributed by atoms with E-state index in [0.717, 1.165) is 6.42 Å². The molecule has 29 heavy (non-hydrogen) atoms. The largest absolute Gasteiger partial charge is 0.341 e. The Hall–Kier alpha value is -0.570. The number of amides is 1. The topological polar surface area (TPSA) is 32.3 Å². The van der Waals surface area contributed by atoms with Gasteiger partial charge in [0, 0.05) is 6.42 Å². The summed E-state index contributed by atoms with van der Waals surface area (Å²) in [4.78, 5) is 13.8. The summed E-state index contributed by atoms with van der Waals surface area (Å²) in [7, 11) is 3.98. The third kappa shape index (κ3) is 21.9. The van der Waals surface area contributed by atoms with Gasteiger partial charge in [0.05, 0.1) is 6.17 Å². The first-order valence-electron chi connectivity index (χ1n) is 13.0. The molecule has 0 saturated carbocycles. The van der Waals surface area contributed by atoms with Crippen molar-refractivity contribution in [2.24, 2.45) is 0 Å². The smallest absolute Gasteiger partial charge is 0.221 e. The normalized spacial score (nSPS) is 12.4. The molecule has 0 aliphatic heterocycles. The van der Waals surface area contributed by atoms with Gasteiger partial charge in [-0.1, -0.05) is 122 Å². The van der Waals surface area contributed by atoms with Crippen molar-refractivity contribution in [1.82, 2.24) is 10.2 Å². The van der Waals surface area contributed by atoms with Crippen LogP contribution in [-0.4, -0.2) is 31.1 Å². The molecule has 1 atom stereocenters. The number of rotatable bonds is 22. The van der Waals surface area contributed by atoms with Gasteiger partial charge in [-0.2, -0.15) is 0 Å². The van der Waals surface area contributed by atoms with Crippen LogP contribution >= 0.6 is 0 Å². The van der Waals surface area contributed by atoms with Gasteiger partial charge in [-0.3, -0.25) is 9.69 Å². The van der Waals surface area contributed by atoms with Gasteiger partial charge >= 0.3 is 0 Å². The zero-order valence-corrected chi connectivity index (χ0v) is 20.6. The molecule has 0 radical (unpaired) electrons. The second-order valence-corrected chi connectivity index (χ2v) is 9.32. The molecule has 174 valence electrons. The predicted molar refractivity (Wildman–Crippen MR) is 129 cm³/mol. The molecule has 0 saturated heterocycles. The fourth-order valence-electron chi connectivity index (χ4n) is 3.80. The van der Waals surface area contributed by atoms with Crippen molar-refractivity contribution < 1.29 is 4.79 Å². The first kappa shape index (κ1) is 28.4. The first-order valence-corrected chi connectivity index (χ1v) is 13.0. The summed E-state index contributed by atoms with van der Waals surface area (Å²) in [5.74, 6) is 0.193. The lowest BCUT2D eigenvalue weighted by Gasteiger charge is -2.20. The summed E-state index contributed by atoms with van der Waals surface area (Å²) >= 11 is 0. The summed E-state index contributed by atoms with van der Waals surface area (Å²) in [6.45, 7) is 4.31. The summed E-state index contributed by atoms with van der Waals surface area (Å²) in [5, 5.41) is 3.03. The highest BCUT2D eigenvalue weighted by molar-refractivity contribution is 5.76. The summed E-state index contributed by atoms with van der Waals surface area (Å²) in [5.41, 5.74) is 0. The van der Waals surface area contributed by atoms with Crippen LogP contribution in [0.5, 0.6) is 0 Å². The number of unbranched alkanes of at least 4 members (excludes halogenated alkanes) is 18. The van der Waals surface area contributed by atoms with Crippen LogP contribution in [0.15, 0.2) is 0 Å². The van der Waals surface area contributed by atoms with Gasteiger partial charge in [-0.25, -0.2) is 0 Å². The van der Waals surface area contributed by atoms with E-state index in [1.54, 1.807) is 0 Å². The molecule has 0 heterocycles. The van der Waals surface area contributed by atoms with E-state index in [-0.39, 0.29) is 12.1 Å². The molecule has 3 heteroatoms. The average Bonchev–Trinajstić information content (AvgIpc) is 2.69. The Balaban J connectivity index is 3.14. The van der Waals surface area contributed by atoms with Gasteiger partial charge in [0.1, 0.15) is 0 Å². The molecule has 0 fully saturated rings. The van der Waals surface area contributed by atoms with E-state index in [2.05, 4.69) is 12.2 Å². The van der Waals surface area contributed by atoms with Crippen LogP contribution in [-0.2, 0) is 4.79 Å². The lowest BCUT2D eigenvalue weighted by atomic mass is 10.0. The van der Waals surface area contributed by atoms with Crippen molar-refractivity contribution in [2.75, 3.05) is 14.1 Å². The van der Waals surface area contributed by atoms with Gasteiger partial charge in [-0.15, -0.1) is 0 Å². The number of hydrogen-bond acceptors (Lipinski definition) is 2. The molecule has 0 aliphatic rings. The van der Waals surface area contributed by atoms with Gasteiger partial charge in [0.25, 0.3) is 0 Å². The van der Waals surface area contributed by atoms with E-state index in [9.17, 15) is 4.79 Å². The Morgan fingerprint density at radius 2 is 0.931 bits per heavy atom. The molecule has 0 aromatic heterocycles. The van der Waals surface area contributed by atoms with Gasteiger partial charge in [-0.05, 0) is 27.4 Å². The van der Waals surface area contributed by atoms with Crippen molar-refractivity contribution in [3.05, 3.63) is 0 Å². The predicted octanol–water partition coefficient (Wildman–Crippen LogP) is 7.83. The SMILES string of the molecule is CCCCCCCCCCCCCCCCCCCCCC(=O)NC(C)N(C)C. The molecule has 1 unspecified atom stereocenters. The monoisotopic (exact) mass is 410 g/mol. The molecule has 0 aromatic carbocycles. The zero-order valence-electron chi connectivity index (χ0n) is 20.6. The third-order valence-electron chi connectivity index (χ3n) is 6.15. The van der Waals surface area contributed by atoms with Crippen LogP contribution in [0.4, 0.5) is 0 Å². The number of carbonyl (C=O) groups excluding carboxylic acids is 1. The number of nitrogens with one attached hydrogen (secondary N) is 1. The summed E-state index contributed by atoms with van der Waals surface area (Å²) in [6.07, 6.45) is 27.2. The molecule has 0 aromatic rings. The van der Waals surface area contributed by atoms with Crippen molar-refractivity contribution in [3.63, 3.8) is 0 Å². The van der Waals surface area contributed by atoms with Crippen molar-refractivity contribution in [3.8, 4) is 0 Å². The number of nitrogens with zero attached hydrogens (tertiary/aromatic N) is 1. The minimum atomic E-state index is 0.128. The Kier molecular flexibility index (Phi) is 21.7.